The zero-order valence-electron chi connectivity index (χ0n) is 37.1. The molecule has 2 unspecified atom stereocenters. The van der Waals surface area contributed by atoms with E-state index in [1.54, 1.807) is 30.2 Å². The van der Waals surface area contributed by atoms with E-state index in [4.69, 9.17) is 28.4 Å². The first-order valence-electron chi connectivity index (χ1n) is 21.8. The minimum absolute atomic E-state index is 0.00932. The number of piperazine rings is 1. The highest BCUT2D eigenvalue weighted by molar-refractivity contribution is 7.99. The number of thioether (sulfide) groups is 1. The molecular weight excluding hydrogens is 867 g/mol. The summed E-state index contributed by atoms with van der Waals surface area (Å²) in [6, 6.07) is 12.0. The molecule has 7 aliphatic heterocycles. The van der Waals surface area contributed by atoms with Crippen molar-refractivity contribution in [3.63, 3.8) is 0 Å². The molecule has 1 amide bonds. The number of H-pyrrole nitrogens is 1. The molecule has 4 bridgehead atoms. The normalized spacial score (nSPS) is 26.1. The van der Waals surface area contributed by atoms with Crippen LogP contribution in [-0.2, 0) is 32.7 Å². The van der Waals surface area contributed by atoms with Crippen LogP contribution in [0.2, 0.25) is 0 Å². The number of ether oxygens (including phenoxy) is 6. The molecule has 7 aliphatic rings. The minimum atomic E-state index is -1.82. The number of esters is 2. The van der Waals surface area contributed by atoms with Crippen molar-refractivity contribution in [1.82, 2.24) is 19.7 Å². The third-order valence-corrected chi connectivity index (χ3v) is 16.2. The largest absolute Gasteiger partial charge is 0.504 e. The predicted molar refractivity (Wildman–Crippen MR) is 239 cm³/mol. The quantitative estimate of drug-likeness (QED) is 0.140. The Morgan fingerprint density at radius 2 is 1.79 bits per heavy atom. The molecule has 8 heterocycles. The number of benzene rings is 4. The van der Waals surface area contributed by atoms with Gasteiger partial charge >= 0.3 is 11.9 Å². The van der Waals surface area contributed by atoms with Crippen molar-refractivity contribution in [1.29, 1.82) is 5.26 Å². The molecule has 12 rings (SSSR count). The maximum atomic E-state index is 15.8. The Morgan fingerprint density at radius 3 is 2.55 bits per heavy atom. The van der Waals surface area contributed by atoms with Crippen LogP contribution in [0.25, 0.3) is 10.9 Å². The third-order valence-electron chi connectivity index (χ3n) is 14.7. The van der Waals surface area contributed by atoms with Crippen molar-refractivity contribution in [2.45, 2.75) is 74.6 Å². The van der Waals surface area contributed by atoms with Crippen LogP contribution in [0.5, 0.6) is 40.2 Å². The number of fused-ring (bicyclic) bond motifs is 10. The smallest absolute Gasteiger partial charge is 0.337 e. The first kappa shape index (κ1) is 42.1. The van der Waals surface area contributed by atoms with Gasteiger partial charge in [0.2, 0.25) is 6.79 Å². The van der Waals surface area contributed by atoms with E-state index in [0.29, 0.717) is 74.4 Å². The molecule has 2 saturated heterocycles. The summed E-state index contributed by atoms with van der Waals surface area (Å²) in [7, 11) is 4.90. The molecule has 1 aromatic heterocycles. The average Bonchev–Trinajstić information content (AvgIpc) is 3.97. The van der Waals surface area contributed by atoms with Crippen LogP contribution < -0.4 is 23.7 Å². The number of phenols is 2. The number of nitriles is 1. The lowest BCUT2D eigenvalue weighted by Crippen LogP contribution is -2.69. The number of carbonyl (C=O) groups is 3. The fourth-order valence-electron chi connectivity index (χ4n) is 12.0. The average molecular weight is 914 g/mol. The van der Waals surface area contributed by atoms with E-state index in [-0.39, 0.29) is 54.7 Å². The summed E-state index contributed by atoms with van der Waals surface area (Å²) in [6.45, 7) is 4.66. The molecular formula is C49H47N5O11S. The van der Waals surface area contributed by atoms with Crippen LogP contribution >= 0.6 is 11.8 Å². The van der Waals surface area contributed by atoms with Gasteiger partial charge in [-0.25, -0.2) is 4.79 Å². The van der Waals surface area contributed by atoms with E-state index in [9.17, 15) is 20.3 Å². The number of carbonyl (C=O) groups excluding carboxylic acids is 3. The number of rotatable bonds is 4. The summed E-state index contributed by atoms with van der Waals surface area (Å²) in [5.41, 5.74) is 4.32. The number of nitrogens with zero attached hydrogens (tertiary/aromatic N) is 4. The molecule has 5 aromatic rings. The van der Waals surface area contributed by atoms with E-state index >= 15 is 9.59 Å². The molecule has 340 valence electrons. The monoisotopic (exact) mass is 913 g/mol. The van der Waals surface area contributed by atoms with E-state index in [1.807, 2.05) is 44.3 Å². The second-order valence-corrected chi connectivity index (χ2v) is 19.0. The number of hydrogen-bond donors (Lipinski definition) is 3. The van der Waals surface area contributed by atoms with Crippen LogP contribution in [0.1, 0.15) is 79.1 Å². The number of aromatic nitrogens is 1. The molecule has 2 fully saturated rings. The lowest BCUT2D eigenvalue weighted by molar-refractivity contribution is -0.162. The van der Waals surface area contributed by atoms with Gasteiger partial charge < -0.3 is 48.5 Å². The lowest BCUT2D eigenvalue weighted by Gasteiger charge is -2.62. The SMILES string of the molecule is COc1cc2c(cc1O)CCN(C(=O)c1c[nH]c3ccccc13)C21CS[C@@H]2c3c(OC(C)=O)c(C)c4c(c3[C@@H](COC1=O)N1C2[C@H]2c3c(cc(C)c(OC)c3O)C[C@H]([C@@H]1C#N)N2C)OCO4. The van der Waals surface area contributed by atoms with Gasteiger partial charge in [-0.2, -0.15) is 5.26 Å². The summed E-state index contributed by atoms with van der Waals surface area (Å²) in [5.74, 6) is -0.449. The van der Waals surface area contributed by atoms with Crippen LogP contribution in [0.4, 0.5) is 0 Å². The number of hydrogen-bond acceptors (Lipinski definition) is 15. The highest BCUT2D eigenvalue weighted by atomic mass is 32.2. The van der Waals surface area contributed by atoms with Gasteiger partial charge in [0.15, 0.2) is 40.0 Å². The maximum Gasteiger partial charge on any atom is 0.337 e. The Hall–Kier alpha value is -6.61. The van der Waals surface area contributed by atoms with Gasteiger partial charge in [-0.05, 0) is 74.2 Å². The van der Waals surface area contributed by atoms with Crippen molar-refractivity contribution in [2.75, 3.05) is 47.0 Å². The van der Waals surface area contributed by atoms with Crippen LogP contribution in [0, 0.1) is 25.2 Å². The van der Waals surface area contributed by atoms with Gasteiger partial charge in [0.05, 0.1) is 43.2 Å². The first-order valence-corrected chi connectivity index (χ1v) is 22.9. The van der Waals surface area contributed by atoms with Crippen molar-refractivity contribution in [2.24, 2.45) is 0 Å². The van der Waals surface area contributed by atoms with Crippen molar-refractivity contribution < 1.29 is 53.0 Å². The number of aryl methyl sites for hydroxylation is 1. The van der Waals surface area contributed by atoms with Gasteiger partial charge in [0, 0.05) is 70.7 Å². The molecule has 7 atom stereocenters. The number of phenolic OH excluding ortho intramolecular Hbond substituents is 2. The van der Waals surface area contributed by atoms with Crippen LogP contribution in [-0.4, -0.2) is 113 Å². The molecule has 4 aromatic carbocycles. The molecule has 66 heavy (non-hydrogen) atoms. The highest BCUT2D eigenvalue weighted by Crippen LogP contribution is 2.65. The highest BCUT2D eigenvalue weighted by Gasteiger charge is 2.63. The second kappa shape index (κ2) is 15.2. The standard InChI is InChI=1S/C49H47N5O11S/c1-22-13-26-14-31-32(17-50)54-33-19-62-48(59)49(29-16-35(60-5)34(56)15-25(29)11-12-53(49)47(58)28-18-51-30-10-8-7-9-27(28)30)20-66-46(40(54)39(52(31)4)36(26)41(57)42(22)61-6)38-37(33)45-44(63-21-64-45)23(2)43(38)65-24(3)55/h7-10,13,15-16,18,31-33,39-40,46,51,56-57H,11-12,14,19-21H2,1-6H3/t31-,32+,33-,39-,40?,46-,49?/m1/s1. The van der Waals surface area contributed by atoms with Crippen LogP contribution in [0.15, 0.2) is 48.7 Å². The van der Waals surface area contributed by atoms with E-state index < -0.39 is 52.8 Å². The zero-order chi connectivity index (χ0) is 46.1. The fraction of sp³-hybridized carbons (Fsp3) is 0.388. The minimum Gasteiger partial charge on any atom is -0.504 e. The topological polar surface area (TPSA) is 196 Å². The summed E-state index contributed by atoms with van der Waals surface area (Å²) in [5, 5.41) is 34.7. The molecule has 0 saturated carbocycles. The molecule has 3 N–H and O–H groups in total. The van der Waals surface area contributed by atoms with Gasteiger partial charge in [0.1, 0.15) is 18.4 Å². The number of likely N-dealkylation sites (N-methyl/N-ethyl adjacent to an activating group) is 1. The summed E-state index contributed by atoms with van der Waals surface area (Å²) < 4.78 is 36.8. The molecule has 16 nitrogen and oxygen atoms in total. The maximum absolute atomic E-state index is 15.8. The van der Waals surface area contributed by atoms with Gasteiger partial charge in [-0.15, -0.1) is 11.8 Å². The summed E-state index contributed by atoms with van der Waals surface area (Å²) in [4.78, 5) is 53.4. The Morgan fingerprint density at radius 1 is 1.00 bits per heavy atom. The van der Waals surface area contributed by atoms with E-state index in [2.05, 4.69) is 20.9 Å². The van der Waals surface area contributed by atoms with Crippen molar-refractivity contribution >= 4 is 40.5 Å². The van der Waals surface area contributed by atoms with Gasteiger partial charge in [0.25, 0.3) is 5.91 Å². The lowest BCUT2D eigenvalue weighted by atomic mass is 9.71. The van der Waals surface area contributed by atoms with E-state index in [0.717, 1.165) is 16.6 Å². The second-order valence-electron chi connectivity index (χ2n) is 17.8. The fourth-order valence-corrected chi connectivity index (χ4v) is 13.7. The van der Waals surface area contributed by atoms with E-state index in [1.165, 1.54) is 32.9 Å². The molecule has 0 radical (unpaired) electrons. The number of nitrogens with one attached hydrogen (secondary N) is 1. The Balaban J connectivity index is 1.19. The Labute approximate surface area is 383 Å². The molecule has 17 heteroatoms. The predicted octanol–water partition coefficient (Wildman–Crippen LogP) is 6.02. The van der Waals surface area contributed by atoms with Crippen molar-refractivity contribution in [3.8, 4) is 46.3 Å². The summed E-state index contributed by atoms with van der Waals surface area (Å²) in [6.07, 6.45) is 2.39. The number of para-hydroxylation sites is 1. The number of amides is 1. The summed E-state index contributed by atoms with van der Waals surface area (Å²) >= 11 is 1.36. The van der Waals surface area contributed by atoms with Crippen molar-refractivity contribution in [3.05, 3.63) is 98.7 Å². The van der Waals surface area contributed by atoms with Crippen LogP contribution in [0.3, 0.4) is 0 Å². The zero-order valence-corrected chi connectivity index (χ0v) is 37.9. The molecule has 0 aliphatic carbocycles. The number of aromatic amines is 1. The third kappa shape index (κ3) is 5.67. The number of aromatic hydroxyl groups is 2. The first-order chi connectivity index (χ1) is 31.8. The number of methoxy groups -OCH3 is 2. The molecule has 1 spiro atoms. The Bertz CT molecular complexity index is 2980. The Kier molecular flexibility index (Phi) is 9.70. The van der Waals surface area contributed by atoms with Gasteiger partial charge in [-0.1, -0.05) is 24.3 Å². The van der Waals surface area contributed by atoms with Gasteiger partial charge in [-0.3, -0.25) is 19.4 Å².